The Morgan fingerprint density at radius 1 is 0.964 bits per heavy atom. The summed E-state index contributed by atoms with van der Waals surface area (Å²) in [5.41, 5.74) is 0.106. The van der Waals surface area contributed by atoms with Crippen LogP contribution >= 0.6 is 0 Å². The van der Waals surface area contributed by atoms with Crippen LogP contribution in [0.4, 0.5) is 14.6 Å². The van der Waals surface area contributed by atoms with E-state index in [9.17, 15) is 10.2 Å². The standard InChI is InChI=1S/C44H53F2N5O5/c1-5-30-33(45)7-6-28-19-29(52)20-31(34(28)30)35-37(46)39-36(32-18-26(2)27(3)47-38(32)35)40(51-14-17-55-24-42(4,53)21-51)49-41(48-39)56-25-44(8-9-44)23-50-13-10-43(22-50)11-15-54-16-12-43/h6-7,18-20,26-27,52-53H,5,8-17,21-25H2,1-4H3. The number of nitrogens with zero attached hydrogens (tertiary/aromatic N) is 5. The fourth-order valence-corrected chi connectivity index (χ4v) is 9.69. The van der Waals surface area contributed by atoms with E-state index in [2.05, 4.69) is 17.9 Å². The zero-order chi connectivity index (χ0) is 39.0. The number of likely N-dealkylation sites (tertiary alicyclic amines) is 1. The van der Waals surface area contributed by atoms with Gasteiger partial charge in [-0.15, -0.1) is 0 Å². The summed E-state index contributed by atoms with van der Waals surface area (Å²) < 4.78 is 51.5. The van der Waals surface area contributed by atoms with Gasteiger partial charge in [0.25, 0.3) is 0 Å². The number of β-amino-alcohol motifs (C(OH)–C–C–N with tert-alkyl or cyclic N) is 1. The summed E-state index contributed by atoms with van der Waals surface area (Å²) in [6.07, 6.45) is 7.94. The molecule has 12 heteroatoms. The van der Waals surface area contributed by atoms with Crippen molar-refractivity contribution in [3.63, 3.8) is 0 Å². The van der Waals surface area contributed by atoms with E-state index in [1.165, 1.54) is 18.6 Å². The molecule has 3 unspecified atom stereocenters. The number of rotatable bonds is 8. The second-order valence-corrected chi connectivity index (χ2v) is 17.7. The van der Waals surface area contributed by atoms with Gasteiger partial charge in [0.1, 0.15) is 28.5 Å². The molecule has 0 bridgehead atoms. The largest absolute Gasteiger partial charge is 0.508 e. The molecule has 298 valence electrons. The number of aromatic nitrogens is 2. The zero-order valence-electron chi connectivity index (χ0n) is 33.0. The van der Waals surface area contributed by atoms with Gasteiger partial charge < -0.3 is 34.2 Å². The lowest BCUT2D eigenvalue weighted by Gasteiger charge is -2.34. The molecule has 5 heterocycles. The van der Waals surface area contributed by atoms with Crippen molar-refractivity contribution in [1.82, 2.24) is 14.9 Å². The number of phenols is 1. The Morgan fingerprint density at radius 2 is 1.77 bits per heavy atom. The van der Waals surface area contributed by atoms with Gasteiger partial charge in [-0.05, 0) is 110 Å². The van der Waals surface area contributed by atoms with Crippen molar-refractivity contribution in [3.8, 4) is 22.9 Å². The predicted octanol–water partition coefficient (Wildman–Crippen LogP) is 5.68. The first kappa shape index (κ1) is 37.6. The first-order valence-electron chi connectivity index (χ1n) is 20.4. The predicted molar refractivity (Wildman–Crippen MR) is 212 cm³/mol. The molecule has 3 atom stereocenters. The van der Waals surface area contributed by atoms with Crippen LogP contribution < -0.4 is 20.2 Å². The van der Waals surface area contributed by atoms with E-state index in [4.69, 9.17) is 29.2 Å². The molecule has 10 nitrogen and oxygen atoms in total. The first-order valence-corrected chi connectivity index (χ1v) is 20.4. The molecule has 9 rings (SSSR count). The molecule has 4 aliphatic heterocycles. The van der Waals surface area contributed by atoms with Gasteiger partial charge in [0.05, 0.1) is 43.2 Å². The fraction of sp³-hybridized carbons (Fsp3) is 0.568. The summed E-state index contributed by atoms with van der Waals surface area (Å²) >= 11 is 0. The molecular weight excluding hydrogens is 717 g/mol. The van der Waals surface area contributed by atoms with Gasteiger partial charge in [-0.1, -0.05) is 26.0 Å². The second-order valence-electron chi connectivity index (χ2n) is 17.7. The normalized spacial score (nSPS) is 25.9. The molecule has 4 fully saturated rings. The minimum Gasteiger partial charge on any atom is -0.508 e. The van der Waals surface area contributed by atoms with E-state index >= 15 is 8.78 Å². The van der Waals surface area contributed by atoms with E-state index in [-0.39, 0.29) is 53.4 Å². The number of fused-ring (bicyclic) bond motifs is 4. The molecule has 5 aliphatic rings. The monoisotopic (exact) mass is 769 g/mol. The average Bonchev–Trinajstić information content (AvgIpc) is 3.88. The fourth-order valence-electron chi connectivity index (χ4n) is 9.69. The number of halogens is 2. The Morgan fingerprint density at radius 3 is 2.54 bits per heavy atom. The number of aromatic hydroxyl groups is 1. The van der Waals surface area contributed by atoms with Gasteiger partial charge >= 0.3 is 6.01 Å². The van der Waals surface area contributed by atoms with E-state index in [1.54, 1.807) is 19.1 Å². The van der Waals surface area contributed by atoms with Crippen molar-refractivity contribution in [1.29, 1.82) is 0 Å². The van der Waals surface area contributed by atoms with Gasteiger partial charge in [-0.3, -0.25) is 4.99 Å². The van der Waals surface area contributed by atoms with Crippen molar-refractivity contribution in [3.05, 3.63) is 52.0 Å². The highest BCUT2D eigenvalue weighted by Crippen LogP contribution is 2.49. The molecule has 4 aromatic rings. The molecule has 1 aliphatic carbocycles. The zero-order valence-corrected chi connectivity index (χ0v) is 33.0. The summed E-state index contributed by atoms with van der Waals surface area (Å²) in [6.45, 7) is 13.9. The van der Waals surface area contributed by atoms with Crippen molar-refractivity contribution >= 4 is 33.6 Å². The number of aliphatic hydroxyl groups is 1. The van der Waals surface area contributed by atoms with Gasteiger partial charge in [0, 0.05) is 49.0 Å². The molecule has 0 radical (unpaired) electrons. The minimum absolute atomic E-state index is 0.00600. The number of hydrogen-bond acceptors (Lipinski definition) is 10. The SMILES string of the molecule is CCc1c(F)ccc2cc(O)cc(-c3c(F)c4nc(OCC5(CN6CCC7(CCOCC7)C6)CC5)nc(N5CCOCC(C)(O)C5)c4c4c3=NC(C)C(C)C=4)c12. The maximum absolute atomic E-state index is 18.0. The van der Waals surface area contributed by atoms with Crippen molar-refractivity contribution in [2.24, 2.45) is 21.7 Å². The van der Waals surface area contributed by atoms with Gasteiger partial charge in [0.15, 0.2) is 5.82 Å². The number of phenolic OH excluding ortho intramolecular Hbond substituents is 1. The highest BCUT2D eigenvalue weighted by molar-refractivity contribution is 6.03. The maximum atomic E-state index is 18.0. The number of anilines is 1. The van der Waals surface area contributed by atoms with Crippen LogP contribution in [0, 0.1) is 28.4 Å². The lowest BCUT2D eigenvalue weighted by molar-refractivity contribution is -0.0123. The highest BCUT2D eigenvalue weighted by Gasteiger charge is 2.48. The smallest absolute Gasteiger partial charge is 0.319 e. The number of benzene rings is 3. The van der Waals surface area contributed by atoms with E-state index in [1.807, 2.05) is 18.7 Å². The molecule has 0 amide bonds. The van der Waals surface area contributed by atoms with Gasteiger partial charge in [-0.25, -0.2) is 8.78 Å². The first-order chi connectivity index (χ1) is 26.9. The number of ether oxygens (including phenoxy) is 3. The molecule has 2 N–H and O–H groups in total. The molecule has 1 saturated carbocycles. The summed E-state index contributed by atoms with van der Waals surface area (Å²) in [6, 6.07) is 5.97. The summed E-state index contributed by atoms with van der Waals surface area (Å²) in [7, 11) is 0. The molecule has 1 aromatic heterocycles. The Labute approximate surface area is 326 Å². The molecular formula is C44H53F2N5O5. The third kappa shape index (κ3) is 6.80. The van der Waals surface area contributed by atoms with Crippen LogP contribution in [0.1, 0.15) is 65.4 Å². The quantitative estimate of drug-likeness (QED) is 0.234. The number of hydrogen-bond donors (Lipinski definition) is 2. The lowest BCUT2D eigenvalue weighted by atomic mass is 9.80. The van der Waals surface area contributed by atoms with Crippen molar-refractivity contribution < 1.29 is 33.2 Å². The lowest BCUT2D eigenvalue weighted by Crippen LogP contribution is -2.43. The van der Waals surface area contributed by atoms with Crippen LogP contribution in [0.3, 0.4) is 0 Å². The Hall–Kier alpha value is -3.97. The van der Waals surface area contributed by atoms with Crippen LogP contribution in [0.5, 0.6) is 11.8 Å². The average molecular weight is 770 g/mol. The van der Waals surface area contributed by atoms with Crippen molar-refractivity contribution in [2.75, 3.05) is 70.7 Å². The summed E-state index contributed by atoms with van der Waals surface area (Å²) in [4.78, 5) is 19.5. The van der Waals surface area contributed by atoms with E-state index in [0.717, 1.165) is 58.5 Å². The third-order valence-electron chi connectivity index (χ3n) is 13.2. The molecule has 3 aromatic carbocycles. The van der Waals surface area contributed by atoms with Gasteiger partial charge in [-0.2, -0.15) is 9.97 Å². The molecule has 56 heavy (non-hydrogen) atoms. The molecule has 3 saturated heterocycles. The Kier molecular flexibility index (Phi) is 9.50. The van der Waals surface area contributed by atoms with E-state index < -0.39 is 17.2 Å². The number of aryl methyl sites for hydroxylation is 1. The van der Waals surface area contributed by atoms with Crippen LogP contribution in [0.15, 0.2) is 29.3 Å². The molecule has 1 spiro atoms. The Balaban J connectivity index is 1.21. The Bertz CT molecular complexity index is 2330. The third-order valence-corrected chi connectivity index (χ3v) is 13.2. The van der Waals surface area contributed by atoms with E-state index in [0.29, 0.717) is 75.3 Å². The van der Waals surface area contributed by atoms with Crippen LogP contribution in [-0.2, 0) is 15.9 Å². The summed E-state index contributed by atoms with van der Waals surface area (Å²) in [5, 5.41) is 25.0. The topological polar surface area (TPSA) is 113 Å². The highest BCUT2D eigenvalue weighted by atomic mass is 19.1. The van der Waals surface area contributed by atoms with Gasteiger partial charge in [0.2, 0.25) is 0 Å². The van der Waals surface area contributed by atoms with Crippen molar-refractivity contribution in [2.45, 2.75) is 77.9 Å². The maximum Gasteiger partial charge on any atom is 0.319 e. The van der Waals surface area contributed by atoms with Crippen LogP contribution in [-0.4, -0.2) is 102 Å². The second kappa shape index (κ2) is 14.1. The summed E-state index contributed by atoms with van der Waals surface area (Å²) in [5.74, 6) is -0.673. The minimum atomic E-state index is -1.19. The van der Waals surface area contributed by atoms with Crippen LogP contribution in [0.2, 0.25) is 0 Å². The van der Waals surface area contributed by atoms with Crippen LogP contribution in [0.25, 0.3) is 38.9 Å².